The molecule has 0 aliphatic carbocycles. The molecule has 0 saturated carbocycles. The summed E-state index contributed by atoms with van der Waals surface area (Å²) in [6.07, 6.45) is 3.09. The second-order valence-corrected chi connectivity index (χ2v) is 8.04. The van der Waals surface area contributed by atoms with Crippen molar-refractivity contribution in [3.05, 3.63) is 34.8 Å². The molecule has 1 N–H and O–H groups in total. The van der Waals surface area contributed by atoms with E-state index < -0.39 is 0 Å². The molecule has 2 nitrogen and oxygen atoms in total. The van der Waals surface area contributed by atoms with Gasteiger partial charge in [0.05, 0.1) is 5.69 Å². The monoisotopic (exact) mass is 320 g/mol. The normalized spacial score (nSPS) is 11.9. The van der Waals surface area contributed by atoms with E-state index in [1.807, 2.05) is 11.3 Å². The van der Waals surface area contributed by atoms with E-state index in [9.17, 15) is 0 Å². The van der Waals surface area contributed by atoms with Gasteiger partial charge in [-0.25, -0.2) is 4.98 Å². The lowest BCUT2D eigenvalue weighted by molar-refractivity contribution is 0.425. The molecule has 2 aromatic rings. The maximum atomic E-state index is 4.83. The molecule has 0 unspecified atom stereocenters. The molecule has 0 amide bonds. The van der Waals surface area contributed by atoms with E-state index in [4.69, 9.17) is 4.98 Å². The van der Waals surface area contributed by atoms with E-state index in [0.717, 1.165) is 18.0 Å². The first-order valence-corrected chi connectivity index (χ1v) is 9.35. The molecule has 0 saturated heterocycles. The summed E-state index contributed by atoms with van der Waals surface area (Å²) in [5, 5.41) is 4.69. The van der Waals surface area contributed by atoms with Crippen molar-refractivity contribution in [2.24, 2.45) is 0 Å². The van der Waals surface area contributed by atoms with Gasteiger partial charge in [-0.15, -0.1) is 23.1 Å². The van der Waals surface area contributed by atoms with E-state index >= 15 is 0 Å². The summed E-state index contributed by atoms with van der Waals surface area (Å²) in [5.74, 6) is 0. The first-order valence-electron chi connectivity index (χ1n) is 7.31. The van der Waals surface area contributed by atoms with Gasteiger partial charge in [-0.2, -0.15) is 0 Å². The molecule has 4 heteroatoms. The standard InChI is InChI=1S/C17H24N2S2/c1-6-14-15(11-18-17(2,3)4)21-16(19-14)12-7-9-13(20-5)10-8-12/h7-10,18H,6,11H2,1-5H3. The van der Waals surface area contributed by atoms with Crippen LogP contribution in [0.5, 0.6) is 0 Å². The highest BCUT2D eigenvalue weighted by Gasteiger charge is 2.14. The molecule has 1 aromatic carbocycles. The van der Waals surface area contributed by atoms with Crippen LogP contribution in [0.4, 0.5) is 0 Å². The summed E-state index contributed by atoms with van der Waals surface area (Å²) >= 11 is 3.58. The maximum absolute atomic E-state index is 4.83. The molecular formula is C17H24N2S2. The van der Waals surface area contributed by atoms with Gasteiger partial charge < -0.3 is 5.32 Å². The molecule has 0 bridgehead atoms. The third kappa shape index (κ3) is 4.56. The number of nitrogens with zero attached hydrogens (tertiary/aromatic N) is 1. The van der Waals surface area contributed by atoms with Gasteiger partial charge >= 0.3 is 0 Å². The number of hydrogen-bond donors (Lipinski definition) is 1. The summed E-state index contributed by atoms with van der Waals surface area (Å²) in [4.78, 5) is 7.48. The van der Waals surface area contributed by atoms with E-state index in [2.05, 4.69) is 63.5 Å². The van der Waals surface area contributed by atoms with Crippen molar-refractivity contribution in [2.75, 3.05) is 6.26 Å². The SMILES string of the molecule is CCc1nc(-c2ccc(SC)cc2)sc1CNC(C)(C)C. The van der Waals surface area contributed by atoms with Crippen molar-refractivity contribution in [3.63, 3.8) is 0 Å². The summed E-state index contributed by atoms with van der Waals surface area (Å²) in [6.45, 7) is 9.66. The van der Waals surface area contributed by atoms with Crippen LogP contribution in [-0.4, -0.2) is 16.8 Å². The first kappa shape index (κ1) is 16.5. The minimum atomic E-state index is 0.134. The zero-order chi connectivity index (χ0) is 15.5. The van der Waals surface area contributed by atoms with Crippen molar-refractivity contribution in [1.29, 1.82) is 0 Å². The van der Waals surface area contributed by atoms with Crippen LogP contribution in [0.2, 0.25) is 0 Å². The molecule has 0 atom stereocenters. The molecule has 114 valence electrons. The molecule has 0 aliphatic rings. The smallest absolute Gasteiger partial charge is 0.123 e. The molecule has 1 aromatic heterocycles. The van der Waals surface area contributed by atoms with Crippen molar-refractivity contribution in [2.45, 2.75) is 51.1 Å². The molecular weight excluding hydrogens is 296 g/mol. The number of rotatable bonds is 5. The highest BCUT2D eigenvalue weighted by atomic mass is 32.2. The van der Waals surface area contributed by atoms with Crippen molar-refractivity contribution in [1.82, 2.24) is 10.3 Å². The molecule has 0 radical (unpaired) electrons. The number of thiazole rings is 1. The lowest BCUT2D eigenvalue weighted by Crippen LogP contribution is -2.35. The Morgan fingerprint density at radius 2 is 1.86 bits per heavy atom. The van der Waals surface area contributed by atoms with Gasteiger partial charge in [-0.1, -0.05) is 19.1 Å². The van der Waals surface area contributed by atoms with Crippen molar-refractivity contribution < 1.29 is 0 Å². The molecule has 0 spiro atoms. The average molecular weight is 321 g/mol. The highest BCUT2D eigenvalue weighted by molar-refractivity contribution is 7.98. The van der Waals surface area contributed by atoms with Gasteiger partial charge in [0, 0.05) is 27.4 Å². The number of thioether (sulfide) groups is 1. The maximum Gasteiger partial charge on any atom is 0.123 e. The Hall–Kier alpha value is -0.840. The van der Waals surface area contributed by atoms with Gasteiger partial charge in [0.25, 0.3) is 0 Å². The van der Waals surface area contributed by atoms with Gasteiger partial charge in [0.1, 0.15) is 5.01 Å². The fraction of sp³-hybridized carbons (Fsp3) is 0.471. The topological polar surface area (TPSA) is 24.9 Å². The second kappa shape index (κ2) is 6.95. The molecule has 21 heavy (non-hydrogen) atoms. The summed E-state index contributed by atoms with van der Waals surface area (Å²) in [6, 6.07) is 8.68. The lowest BCUT2D eigenvalue weighted by Gasteiger charge is -2.20. The summed E-state index contributed by atoms with van der Waals surface area (Å²) in [5.41, 5.74) is 2.57. The number of benzene rings is 1. The quantitative estimate of drug-likeness (QED) is 0.786. The predicted octanol–water partition coefficient (Wildman–Crippen LogP) is 4.98. The average Bonchev–Trinajstić information content (AvgIpc) is 2.88. The fourth-order valence-electron chi connectivity index (χ4n) is 2.00. The second-order valence-electron chi connectivity index (χ2n) is 6.07. The van der Waals surface area contributed by atoms with Crippen LogP contribution in [0.15, 0.2) is 29.2 Å². The Labute approximate surface area is 136 Å². The largest absolute Gasteiger partial charge is 0.307 e. The van der Waals surface area contributed by atoms with Crippen LogP contribution in [-0.2, 0) is 13.0 Å². The Morgan fingerprint density at radius 1 is 1.19 bits per heavy atom. The van der Waals surface area contributed by atoms with E-state index in [0.29, 0.717) is 0 Å². The van der Waals surface area contributed by atoms with Crippen molar-refractivity contribution >= 4 is 23.1 Å². The van der Waals surface area contributed by atoms with E-state index in [1.165, 1.54) is 21.0 Å². The van der Waals surface area contributed by atoms with Crippen molar-refractivity contribution in [3.8, 4) is 10.6 Å². The zero-order valence-corrected chi connectivity index (χ0v) is 15.1. The van der Waals surface area contributed by atoms with Crippen LogP contribution in [0.1, 0.15) is 38.3 Å². The third-order valence-corrected chi connectivity index (χ3v) is 5.12. The predicted molar refractivity (Wildman–Crippen MR) is 95.3 cm³/mol. The molecule has 2 rings (SSSR count). The molecule has 0 aliphatic heterocycles. The Kier molecular flexibility index (Phi) is 5.47. The number of hydrogen-bond acceptors (Lipinski definition) is 4. The number of aryl methyl sites for hydroxylation is 1. The fourth-order valence-corrected chi connectivity index (χ4v) is 3.50. The van der Waals surface area contributed by atoms with Gasteiger partial charge in [-0.3, -0.25) is 0 Å². The number of nitrogens with one attached hydrogen (secondary N) is 1. The van der Waals surface area contributed by atoms with E-state index in [-0.39, 0.29) is 5.54 Å². The van der Waals surface area contributed by atoms with Crippen LogP contribution < -0.4 is 5.32 Å². The van der Waals surface area contributed by atoms with Crippen LogP contribution >= 0.6 is 23.1 Å². The first-order chi connectivity index (χ1) is 9.93. The zero-order valence-electron chi connectivity index (χ0n) is 13.5. The number of aromatic nitrogens is 1. The summed E-state index contributed by atoms with van der Waals surface area (Å²) < 4.78 is 0. The minimum Gasteiger partial charge on any atom is -0.307 e. The summed E-state index contributed by atoms with van der Waals surface area (Å²) in [7, 11) is 0. The van der Waals surface area contributed by atoms with E-state index in [1.54, 1.807) is 11.8 Å². The van der Waals surface area contributed by atoms with Crippen LogP contribution in [0, 0.1) is 0 Å². The lowest BCUT2D eigenvalue weighted by atomic mass is 10.1. The Bertz CT molecular complexity index is 580. The minimum absolute atomic E-state index is 0.134. The molecule has 0 fully saturated rings. The Morgan fingerprint density at radius 3 is 2.38 bits per heavy atom. The van der Waals surface area contributed by atoms with Gasteiger partial charge in [-0.05, 0) is 45.6 Å². The van der Waals surface area contributed by atoms with Gasteiger partial charge in [0.15, 0.2) is 0 Å². The van der Waals surface area contributed by atoms with Gasteiger partial charge in [0.2, 0.25) is 0 Å². The van der Waals surface area contributed by atoms with Crippen LogP contribution in [0.25, 0.3) is 10.6 Å². The van der Waals surface area contributed by atoms with Crippen LogP contribution in [0.3, 0.4) is 0 Å². The molecule has 1 heterocycles. The Balaban J connectivity index is 2.22. The third-order valence-electron chi connectivity index (χ3n) is 3.23. The highest BCUT2D eigenvalue weighted by Crippen LogP contribution is 2.30.